The first-order chi connectivity index (χ1) is 9.30. The van der Waals surface area contributed by atoms with Crippen molar-refractivity contribution >= 4 is 17.4 Å². The second-order valence-electron chi connectivity index (χ2n) is 5.85. The minimum Gasteiger partial charge on any atom is -0.393 e. The molecular formula is C14H24N2O3S. The summed E-state index contributed by atoms with van der Waals surface area (Å²) in [6.45, 7) is 6.36. The van der Waals surface area contributed by atoms with Crippen LogP contribution in [0.5, 0.6) is 0 Å². The molecule has 0 saturated heterocycles. The number of amides is 2. The first kappa shape index (κ1) is 16.9. The van der Waals surface area contributed by atoms with E-state index >= 15 is 0 Å². The smallest absolute Gasteiger partial charge is 0.314 e. The van der Waals surface area contributed by atoms with Crippen LogP contribution in [-0.2, 0) is 0 Å². The molecule has 114 valence electrons. The van der Waals surface area contributed by atoms with Crippen LogP contribution in [0.15, 0.2) is 16.8 Å². The average molecular weight is 300 g/mol. The fourth-order valence-corrected chi connectivity index (χ4v) is 2.73. The van der Waals surface area contributed by atoms with Gasteiger partial charge in [0.15, 0.2) is 0 Å². The largest absolute Gasteiger partial charge is 0.393 e. The number of hydrogen-bond donors (Lipinski definition) is 4. The third kappa shape index (κ3) is 6.36. The van der Waals surface area contributed by atoms with Crippen molar-refractivity contribution in [2.24, 2.45) is 5.41 Å². The Balaban J connectivity index is 2.27. The Kier molecular flexibility index (Phi) is 6.45. The van der Waals surface area contributed by atoms with Crippen LogP contribution in [0.1, 0.15) is 38.9 Å². The molecule has 0 aliphatic heterocycles. The molecule has 0 fully saturated rings. The molecule has 1 aromatic rings. The van der Waals surface area contributed by atoms with E-state index in [2.05, 4.69) is 10.6 Å². The molecule has 0 saturated carbocycles. The summed E-state index contributed by atoms with van der Waals surface area (Å²) in [4.78, 5) is 11.7. The highest BCUT2D eigenvalue weighted by atomic mass is 32.1. The maximum Gasteiger partial charge on any atom is 0.314 e. The normalized spacial score (nSPS) is 14.7. The molecule has 1 rings (SSSR count). The van der Waals surface area contributed by atoms with Gasteiger partial charge in [-0.1, -0.05) is 13.8 Å². The zero-order valence-electron chi connectivity index (χ0n) is 12.2. The quantitative estimate of drug-likeness (QED) is 0.620. The average Bonchev–Trinajstić information content (AvgIpc) is 2.85. The van der Waals surface area contributed by atoms with Gasteiger partial charge in [-0.2, -0.15) is 11.3 Å². The highest BCUT2D eigenvalue weighted by Crippen LogP contribution is 2.21. The fraction of sp³-hybridized carbons (Fsp3) is 0.643. The van der Waals surface area contributed by atoms with Crippen LogP contribution in [0, 0.1) is 5.41 Å². The van der Waals surface area contributed by atoms with Crippen molar-refractivity contribution in [3.8, 4) is 0 Å². The van der Waals surface area contributed by atoms with Gasteiger partial charge in [-0.15, -0.1) is 0 Å². The number of aliphatic hydroxyl groups is 2. The maximum atomic E-state index is 11.7. The van der Waals surface area contributed by atoms with Gasteiger partial charge in [0.2, 0.25) is 0 Å². The molecule has 2 atom stereocenters. The van der Waals surface area contributed by atoms with E-state index in [4.69, 9.17) is 0 Å². The van der Waals surface area contributed by atoms with Crippen molar-refractivity contribution < 1.29 is 15.0 Å². The molecule has 1 aromatic heterocycles. The van der Waals surface area contributed by atoms with Crippen LogP contribution < -0.4 is 10.6 Å². The Bertz CT molecular complexity index is 405. The van der Waals surface area contributed by atoms with Crippen LogP contribution in [0.4, 0.5) is 4.79 Å². The van der Waals surface area contributed by atoms with Gasteiger partial charge in [-0.05, 0) is 41.1 Å². The topological polar surface area (TPSA) is 81.6 Å². The molecule has 0 bridgehead atoms. The van der Waals surface area contributed by atoms with E-state index in [0.717, 1.165) is 5.56 Å². The molecule has 4 N–H and O–H groups in total. The van der Waals surface area contributed by atoms with E-state index < -0.39 is 12.2 Å². The molecule has 1 heterocycles. The van der Waals surface area contributed by atoms with Crippen LogP contribution in [0.2, 0.25) is 0 Å². The number of aliphatic hydroxyl groups excluding tert-OH is 2. The van der Waals surface area contributed by atoms with Gasteiger partial charge < -0.3 is 20.8 Å². The Labute approximate surface area is 124 Å². The van der Waals surface area contributed by atoms with E-state index in [1.807, 2.05) is 30.7 Å². The van der Waals surface area contributed by atoms with Crippen LogP contribution >= 0.6 is 11.3 Å². The zero-order chi connectivity index (χ0) is 15.2. The lowest BCUT2D eigenvalue weighted by molar-refractivity contribution is 0.128. The lowest BCUT2D eigenvalue weighted by atomic mass is 9.87. The molecule has 0 spiro atoms. The van der Waals surface area contributed by atoms with Gasteiger partial charge in [0.1, 0.15) is 0 Å². The Hall–Kier alpha value is -1.11. The van der Waals surface area contributed by atoms with Gasteiger partial charge in [0, 0.05) is 13.1 Å². The summed E-state index contributed by atoms with van der Waals surface area (Å²) in [5.74, 6) is 0. The number of carbonyl (C=O) groups excluding carboxylic acids is 1. The van der Waals surface area contributed by atoms with Gasteiger partial charge >= 0.3 is 6.03 Å². The predicted molar refractivity (Wildman–Crippen MR) is 80.8 cm³/mol. The van der Waals surface area contributed by atoms with Gasteiger partial charge in [-0.25, -0.2) is 4.79 Å². The minimum absolute atomic E-state index is 0.169. The first-order valence-corrected chi connectivity index (χ1v) is 7.64. The van der Waals surface area contributed by atoms with Gasteiger partial charge in [0.05, 0.1) is 12.2 Å². The zero-order valence-corrected chi connectivity index (χ0v) is 13.0. The highest BCUT2D eigenvalue weighted by Gasteiger charge is 2.21. The SMILES string of the molecule is CC(O)CC(C)(C)CNC(=O)NCC(O)c1ccsc1. The van der Waals surface area contributed by atoms with Gasteiger partial charge in [0.25, 0.3) is 0 Å². The summed E-state index contributed by atoms with van der Waals surface area (Å²) >= 11 is 1.51. The lowest BCUT2D eigenvalue weighted by Crippen LogP contribution is -2.42. The van der Waals surface area contributed by atoms with Crippen molar-refractivity contribution in [1.29, 1.82) is 0 Å². The number of thiophene rings is 1. The van der Waals surface area contributed by atoms with Crippen molar-refractivity contribution in [2.45, 2.75) is 39.4 Å². The Morgan fingerprint density at radius 1 is 1.40 bits per heavy atom. The van der Waals surface area contributed by atoms with E-state index in [1.54, 1.807) is 6.92 Å². The summed E-state index contributed by atoms with van der Waals surface area (Å²) in [6.07, 6.45) is -0.460. The maximum absolute atomic E-state index is 11.7. The second kappa shape index (κ2) is 7.61. The predicted octanol–water partition coefficient (Wildman–Crippen LogP) is 1.88. The molecule has 5 nitrogen and oxygen atoms in total. The van der Waals surface area contributed by atoms with Crippen molar-refractivity contribution in [3.63, 3.8) is 0 Å². The van der Waals surface area contributed by atoms with E-state index in [-0.39, 0.29) is 18.0 Å². The van der Waals surface area contributed by atoms with Gasteiger partial charge in [-0.3, -0.25) is 0 Å². The van der Waals surface area contributed by atoms with Crippen molar-refractivity contribution in [1.82, 2.24) is 10.6 Å². The molecule has 2 amide bonds. The third-order valence-electron chi connectivity index (χ3n) is 2.96. The summed E-state index contributed by atoms with van der Waals surface area (Å²) in [6, 6.07) is 1.53. The monoisotopic (exact) mass is 300 g/mol. The highest BCUT2D eigenvalue weighted by molar-refractivity contribution is 7.07. The number of hydrogen-bond acceptors (Lipinski definition) is 4. The standard InChI is InChI=1S/C14H24N2O3S/c1-10(17)6-14(2,3)9-16-13(19)15-7-12(18)11-4-5-20-8-11/h4-5,8,10,12,17-18H,6-7,9H2,1-3H3,(H2,15,16,19). The summed E-state index contributed by atoms with van der Waals surface area (Å²) in [5.41, 5.74) is 0.641. The van der Waals surface area contributed by atoms with E-state index in [0.29, 0.717) is 13.0 Å². The van der Waals surface area contributed by atoms with E-state index in [1.165, 1.54) is 11.3 Å². The van der Waals surface area contributed by atoms with Crippen LogP contribution in [-0.4, -0.2) is 35.4 Å². The first-order valence-electron chi connectivity index (χ1n) is 6.70. The third-order valence-corrected chi connectivity index (χ3v) is 3.66. The van der Waals surface area contributed by atoms with E-state index in [9.17, 15) is 15.0 Å². The summed E-state index contributed by atoms with van der Waals surface area (Å²) < 4.78 is 0. The molecule has 0 aliphatic carbocycles. The number of nitrogens with one attached hydrogen (secondary N) is 2. The van der Waals surface area contributed by atoms with Crippen molar-refractivity contribution in [2.75, 3.05) is 13.1 Å². The summed E-state index contributed by atoms with van der Waals surface area (Å²) in [5, 5.41) is 28.4. The fourth-order valence-electron chi connectivity index (χ4n) is 2.03. The number of rotatable bonds is 7. The van der Waals surface area contributed by atoms with Crippen molar-refractivity contribution in [3.05, 3.63) is 22.4 Å². The number of carbonyl (C=O) groups is 1. The Morgan fingerprint density at radius 3 is 2.65 bits per heavy atom. The van der Waals surface area contributed by atoms with Crippen LogP contribution in [0.3, 0.4) is 0 Å². The minimum atomic E-state index is -0.683. The number of urea groups is 1. The molecule has 20 heavy (non-hydrogen) atoms. The molecular weight excluding hydrogens is 276 g/mol. The molecule has 0 radical (unpaired) electrons. The molecule has 2 unspecified atom stereocenters. The lowest BCUT2D eigenvalue weighted by Gasteiger charge is -2.26. The molecule has 0 aromatic carbocycles. The second-order valence-corrected chi connectivity index (χ2v) is 6.63. The molecule has 0 aliphatic rings. The molecule has 6 heteroatoms. The van der Waals surface area contributed by atoms with Crippen LogP contribution in [0.25, 0.3) is 0 Å². The summed E-state index contributed by atoms with van der Waals surface area (Å²) in [7, 11) is 0. The Morgan fingerprint density at radius 2 is 2.10 bits per heavy atom.